The van der Waals surface area contributed by atoms with Gasteiger partial charge in [0.1, 0.15) is 0 Å². The van der Waals surface area contributed by atoms with E-state index in [4.69, 9.17) is 0 Å². The van der Waals surface area contributed by atoms with Gasteiger partial charge in [0.25, 0.3) is 5.91 Å². The first-order valence-electron chi connectivity index (χ1n) is 7.99. The Kier molecular flexibility index (Phi) is 4.71. The summed E-state index contributed by atoms with van der Waals surface area (Å²) in [7, 11) is 0. The quantitative estimate of drug-likeness (QED) is 0.767. The molecule has 0 saturated carbocycles. The van der Waals surface area contributed by atoms with E-state index in [2.05, 4.69) is 10.3 Å². The molecular weight excluding hydrogens is 296 g/mol. The molecule has 0 aliphatic rings. The number of carbonyl (C=O) groups excluding carboxylic acids is 1. The highest BCUT2D eigenvalue weighted by atomic mass is 16.1. The number of rotatable bonds is 4. The number of aromatic nitrogens is 1. The van der Waals surface area contributed by atoms with Gasteiger partial charge in [0.05, 0.1) is 0 Å². The number of nitrogens with one attached hydrogen (secondary N) is 1. The van der Waals surface area contributed by atoms with E-state index >= 15 is 0 Å². The predicted octanol–water partition coefficient (Wildman–Crippen LogP) is 4.54. The van der Waals surface area contributed by atoms with E-state index in [1.54, 1.807) is 12.4 Å². The lowest BCUT2D eigenvalue weighted by Gasteiger charge is -2.10. The van der Waals surface area contributed by atoms with E-state index < -0.39 is 0 Å². The Morgan fingerprint density at radius 1 is 0.917 bits per heavy atom. The maximum absolute atomic E-state index is 12.4. The second-order valence-corrected chi connectivity index (χ2v) is 5.93. The van der Waals surface area contributed by atoms with Crippen LogP contribution in [-0.2, 0) is 6.42 Å². The van der Waals surface area contributed by atoms with Crippen molar-refractivity contribution >= 4 is 11.6 Å². The van der Waals surface area contributed by atoms with E-state index in [1.165, 1.54) is 11.1 Å². The standard InChI is InChI=1S/C21H20N2O/c1-15-4-3-5-20(16(15)2)21(24)23-19-8-6-17(7-9-19)14-18-10-12-22-13-11-18/h3-13H,14H2,1-2H3,(H,23,24). The molecule has 3 aromatic rings. The van der Waals surface area contributed by atoms with Crippen molar-refractivity contribution in [1.82, 2.24) is 4.98 Å². The van der Waals surface area contributed by atoms with Crippen LogP contribution in [0.4, 0.5) is 5.69 Å². The Balaban J connectivity index is 1.70. The Bertz CT molecular complexity index is 839. The lowest BCUT2D eigenvalue weighted by atomic mass is 10.0. The van der Waals surface area contributed by atoms with Crippen LogP contribution in [-0.4, -0.2) is 10.9 Å². The molecule has 1 amide bonds. The van der Waals surface area contributed by atoms with E-state index in [1.807, 2.05) is 68.4 Å². The van der Waals surface area contributed by atoms with Gasteiger partial charge in [0.2, 0.25) is 0 Å². The second kappa shape index (κ2) is 7.09. The first-order valence-corrected chi connectivity index (χ1v) is 7.99. The zero-order valence-corrected chi connectivity index (χ0v) is 13.9. The third kappa shape index (κ3) is 3.69. The van der Waals surface area contributed by atoms with Gasteiger partial charge in [-0.25, -0.2) is 0 Å². The van der Waals surface area contributed by atoms with Gasteiger partial charge in [-0.1, -0.05) is 24.3 Å². The Morgan fingerprint density at radius 2 is 1.58 bits per heavy atom. The maximum atomic E-state index is 12.4. The molecule has 0 fully saturated rings. The fraction of sp³-hybridized carbons (Fsp3) is 0.143. The number of hydrogen-bond acceptors (Lipinski definition) is 2. The van der Waals surface area contributed by atoms with Crippen LogP contribution in [0.3, 0.4) is 0 Å². The van der Waals surface area contributed by atoms with E-state index in [0.717, 1.165) is 28.8 Å². The number of amides is 1. The summed E-state index contributed by atoms with van der Waals surface area (Å²) in [6.07, 6.45) is 4.45. The number of nitrogens with zero attached hydrogens (tertiary/aromatic N) is 1. The van der Waals surface area contributed by atoms with Gasteiger partial charge >= 0.3 is 0 Å². The number of hydrogen-bond donors (Lipinski definition) is 1. The monoisotopic (exact) mass is 316 g/mol. The molecule has 1 aromatic heterocycles. The zero-order valence-electron chi connectivity index (χ0n) is 13.9. The third-order valence-corrected chi connectivity index (χ3v) is 4.22. The summed E-state index contributed by atoms with van der Waals surface area (Å²) < 4.78 is 0. The molecule has 0 saturated heterocycles. The van der Waals surface area contributed by atoms with Crippen molar-refractivity contribution in [3.8, 4) is 0 Å². The normalized spacial score (nSPS) is 10.4. The SMILES string of the molecule is Cc1cccc(C(=O)Nc2ccc(Cc3ccncc3)cc2)c1C. The van der Waals surface area contributed by atoms with E-state index in [9.17, 15) is 4.79 Å². The highest BCUT2D eigenvalue weighted by Gasteiger charge is 2.10. The van der Waals surface area contributed by atoms with E-state index in [-0.39, 0.29) is 5.91 Å². The van der Waals surface area contributed by atoms with Gasteiger partial charge in [0, 0.05) is 23.6 Å². The third-order valence-electron chi connectivity index (χ3n) is 4.22. The molecule has 120 valence electrons. The molecular formula is C21H20N2O. The van der Waals surface area contributed by atoms with Gasteiger partial charge in [0.15, 0.2) is 0 Å². The minimum absolute atomic E-state index is 0.0712. The summed E-state index contributed by atoms with van der Waals surface area (Å²) in [5.41, 5.74) is 6.08. The van der Waals surface area contributed by atoms with Gasteiger partial charge < -0.3 is 5.32 Å². The van der Waals surface area contributed by atoms with Gasteiger partial charge in [-0.05, 0) is 72.9 Å². The molecule has 3 heteroatoms. The van der Waals surface area contributed by atoms with Crippen LogP contribution >= 0.6 is 0 Å². The van der Waals surface area contributed by atoms with Crippen LogP contribution in [0.5, 0.6) is 0 Å². The molecule has 0 aliphatic heterocycles. The molecule has 0 radical (unpaired) electrons. The van der Waals surface area contributed by atoms with Crippen LogP contribution in [0.15, 0.2) is 67.0 Å². The van der Waals surface area contributed by atoms with Crippen molar-refractivity contribution < 1.29 is 4.79 Å². The summed E-state index contributed by atoms with van der Waals surface area (Å²) in [6.45, 7) is 3.99. The van der Waals surface area contributed by atoms with Crippen molar-refractivity contribution in [1.29, 1.82) is 0 Å². The summed E-state index contributed by atoms with van der Waals surface area (Å²) in [5.74, 6) is -0.0712. The molecule has 3 rings (SSSR count). The topological polar surface area (TPSA) is 42.0 Å². The summed E-state index contributed by atoms with van der Waals surface area (Å²) in [6, 6.07) is 17.8. The van der Waals surface area contributed by atoms with Crippen molar-refractivity contribution in [2.45, 2.75) is 20.3 Å². The lowest BCUT2D eigenvalue weighted by Crippen LogP contribution is -2.13. The number of anilines is 1. The van der Waals surface area contributed by atoms with E-state index in [0.29, 0.717) is 0 Å². The number of benzene rings is 2. The number of carbonyl (C=O) groups is 1. The highest BCUT2D eigenvalue weighted by Crippen LogP contribution is 2.17. The Hall–Kier alpha value is -2.94. The molecule has 0 atom stereocenters. The molecule has 0 spiro atoms. The first-order chi connectivity index (χ1) is 11.6. The maximum Gasteiger partial charge on any atom is 0.255 e. The molecule has 0 aliphatic carbocycles. The van der Waals surface area contributed by atoms with Gasteiger partial charge in [-0.15, -0.1) is 0 Å². The molecule has 1 heterocycles. The Labute approximate surface area is 142 Å². The summed E-state index contributed by atoms with van der Waals surface area (Å²) in [5, 5.41) is 2.97. The van der Waals surface area contributed by atoms with Crippen molar-refractivity contribution in [2.24, 2.45) is 0 Å². The largest absolute Gasteiger partial charge is 0.322 e. The van der Waals surface area contributed by atoms with Crippen LogP contribution in [0.1, 0.15) is 32.6 Å². The minimum atomic E-state index is -0.0712. The highest BCUT2D eigenvalue weighted by molar-refractivity contribution is 6.05. The number of pyridine rings is 1. The zero-order chi connectivity index (χ0) is 16.9. The first kappa shape index (κ1) is 15.9. The molecule has 2 aromatic carbocycles. The average molecular weight is 316 g/mol. The van der Waals surface area contributed by atoms with Crippen LogP contribution in [0.2, 0.25) is 0 Å². The predicted molar refractivity (Wildman–Crippen MR) is 97.4 cm³/mol. The molecule has 1 N–H and O–H groups in total. The van der Waals surface area contributed by atoms with Crippen molar-refractivity contribution in [3.05, 3.63) is 94.8 Å². The fourth-order valence-corrected chi connectivity index (χ4v) is 2.64. The Morgan fingerprint density at radius 3 is 2.29 bits per heavy atom. The lowest BCUT2D eigenvalue weighted by molar-refractivity contribution is 0.102. The molecule has 24 heavy (non-hydrogen) atoms. The molecule has 3 nitrogen and oxygen atoms in total. The smallest absolute Gasteiger partial charge is 0.255 e. The van der Waals surface area contributed by atoms with Crippen molar-refractivity contribution in [3.63, 3.8) is 0 Å². The molecule has 0 bridgehead atoms. The van der Waals surface area contributed by atoms with Gasteiger partial charge in [-0.3, -0.25) is 9.78 Å². The summed E-state index contributed by atoms with van der Waals surface area (Å²) >= 11 is 0. The minimum Gasteiger partial charge on any atom is -0.322 e. The second-order valence-electron chi connectivity index (χ2n) is 5.93. The summed E-state index contributed by atoms with van der Waals surface area (Å²) in [4.78, 5) is 16.5. The average Bonchev–Trinajstić information content (AvgIpc) is 2.60. The van der Waals surface area contributed by atoms with Crippen LogP contribution in [0, 0.1) is 13.8 Å². The van der Waals surface area contributed by atoms with Crippen molar-refractivity contribution in [2.75, 3.05) is 5.32 Å². The molecule has 0 unspecified atom stereocenters. The van der Waals surface area contributed by atoms with Crippen LogP contribution in [0.25, 0.3) is 0 Å². The number of aryl methyl sites for hydroxylation is 1. The van der Waals surface area contributed by atoms with Gasteiger partial charge in [-0.2, -0.15) is 0 Å². The van der Waals surface area contributed by atoms with Crippen LogP contribution < -0.4 is 5.32 Å². The fourth-order valence-electron chi connectivity index (χ4n) is 2.64.